The SMILES string of the molecule is CC(C)N(C)CC1C=CC(N)C1. The molecule has 0 saturated carbocycles. The number of nitrogens with two attached hydrogens (primary N) is 1. The fourth-order valence-corrected chi connectivity index (χ4v) is 1.52. The molecule has 2 atom stereocenters. The molecule has 0 aromatic rings. The summed E-state index contributed by atoms with van der Waals surface area (Å²) < 4.78 is 0. The number of hydrogen-bond donors (Lipinski definition) is 1. The van der Waals surface area contributed by atoms with E-state index in [2.05, 4.69) is 37.9 Å². The molecule has 70 valence electrons. The highest BCUT2D eigenvalue weighted by atomic mass is 15.1. The first kappa shape index (κ1) is 9.75. The monoisotopic (exact) mass is 168 g/mol. The van der Waals surface area contributed by atoms with Gasteiger partial charge in [0.25, 0.3) is 0 Å². The quantitative estimate of drug-likeness (QED) is 0.642. The van der Waals surface area contributed by atoms with Crippen molar-refractivity contribution in [2.45, 2.75) is 32.4 Å². The Balaban J connectivity index is 2.28. The van der Waals surface area contributed by atoms with E-state index in [0.29, 0.717) is 18.0 Å². The number of nitrogens with zero attached hydrogens (tertiary/aromatic N) is 1. The lowest BCUT2D eigenvalue weighted by molar-refractivity contribution is 0.245. The van der Waals surface area contributed by atoms with Crippen LogP contribution in [0.3, 0.4) is 0 Å². The standard InChI is InChI=1S/C10H20N2/c1-8(2)12(3)7-9-4-5-10(11)6-9/h4-5,8-10H,6-7,11H2,1-3H3. The summed E-state index contributed by atoms with van der Waals surface area (Å²) in [5.74, 6) is 0.674. The van der Waals surface area contributed by atoms with Gasteiger partial charge >= 0.3 is 0 Å². The number of hydrogen-bond acceptors (Lipinski definition) is 2. The van der Waals surface area contributed by atoms with Crippen LogP contribution in [0.2, 0.25) is 0 Å². The molecule has 0 aromatic carbocycles. The molecule has 0 saturated heterocycles. The minimum atomic E-state index is 0.301. The van der Waals surface area contributed by atoms with Gasteiger partial charge in [-0.2, -0.15) is 0 Å². The molecular formula is C10H20N2. The van der Waals surface area contributed by atoms with Gasteiger partial charge in [-0.1, -0.05) is 12.2 Å². The van der Waals surface area contributed by atoms with Crippen LogP contribution in [0.15, 0.2) is 12.2 Å². The normalized spacial score (nSPS) is 29.2. The molecule has 0 aliphatic heterocycles. The Morgan fingerprint density at radius 3 is 2.58 bits per heavy atom. The van der Waals surface area contributed by atoms with Gasteiger partial charge in [0.2, 0.25) is 0 Å². The Labute approximate surface area is 75.4 Å². The van der Waals surface area contributed by atoms with Crippen LogP contribution in [0.25, 0.3) is 0 Å². The van der Waals surface area contributed by atoms with Crippen molar-refractivity contribution in [2.24, 2.45) is 11.7 Å². The van der Waals surface area contributed by atoms with Crippen molar-refractivity contribution in [2.75, 3.05) is 13.6 Å². The third-order valence-corrected chi connectivity index (χ3v) is 2.61. The minimum absolute atomic E-state index is 0.301. The molecule has 0 spiro atoms. The molecule has 0 aromatic heterocycles. The highest BCUT2D eigenvalue weighted by molar-refractivity contribution is 5.05. The van der Waals surface area contributed by atoms with Gasteiger partial charge < -0.3 is 10.6 Å². The molecule has 0 amide bonds. The molecule has 1 aliphatic carbocycles. The molecule has 0 fully saturated rings. The third kappa shape index (κ3) is 2.61. The largest absolute Gasteiger partial charge is 0.324 e. The predicted molar refractivity (Wildman–Crippen MR) is 53.0 cm³/mol. The Kier molecular flexibility index (Phi) is 3.29. The van der Waals surface area contributed by atoms with E-state index < -0.39 is 0 Å². The summed E-state index contributed by atoms with van der Waals surface area (Å²) in [6.45, 7) is 5.58. The summed E-state index contributed by atoms with van der Waals surface area (Å²) in [7, 11) is 2.17. The van der Waals surface area contributed by atoms with Gasteiger partial charge in [-0.25, -0.2) is 0 Å². The average molecular weight is 168 g/mol. The molecule has 1 aliphatic rings. The third-order valence-electron chi connectivity index (χ3n) is 2.61. The van der Waals surface area contributed by atoms with E-state index in [9.17, 15) is 0 Å². The van der Waals surface area contributed by atoms with Crippen molar-refractivity contribution in [3.63, 3.8) is 0 Å². The maximum absolute atomic E-state index is 5.77. The molecule has 0 bridgehead atoms. The van der Waals surface area contributed by atoms with Crippen LogP contribution >= 0.6 is 0 Å². The van der Waals surface area contributed by atoms with E-state index in [-0.39, 0.29) is 0 Å². The fraction of sp³-hybridized carbons (Fsp3) is 0.800. The van der Waals surface area contributed by atoms with Crippen molar-refractivity contribution in [1.82, 2.24) is 4.90 Å². The molecular weight excluding hydrogens is 148 g/mol. The Morgan fingerprint density at radius 2 is 2.17 bits per heavy atom. The van der Waals surface area contributed by atoms with E-state index in [1.54, 1.807) is 0 Å². The zero-order valence-electron chi connectivity index (χ0n) is 8.33. The first-order valence-electron chi connectivity index (χ1n) is 4.73. The zero-order chi connectivity index (χ0) is 9.14. The fourth-order valence-electron chi connectivity index (χ4n) is 1.52. The van der Waals surface area contributed by atoms with Gasteiger partial charge in [-0.3, -0.25) is 0 Å². The molecule has 1 rings (SSSR count). The second-order valence-corrected chi connectivity index (χ2v) is 4.08. The molecule has 2 unspecified atom stereocenters. The van der Waals surface area contributed by atoms with E-state index in [0.717, 1.165) is 13.0 Å². The van der Waals surface area contributed by atoms with Gasteiger partial charge in [-0.15, -0.1) is 0 Å². The van der Waals surface area contributed by atoms with Crippen molar-refractivity contribution >= 4 is 0 Å². The highest BCUT2D eigenvalue weighted by Crippen LogP contribution is 2.17. The van der Waals surface area contributed by atoms with Crippen molar-refractivity contribution < 1.29 is 0 Å². The average Bonchev–Trinajstić information content (AvgIpc) is 2.35. The summed E-state index contributed by atoms with van der Waals surface area (Å²) in [4.78, 5) is 2.37. The van der Waals surface area contributed by atoms with E-state index in [4.69, 9.17) is 5.73 Å². The van der Waals surface area contributed by atoms with Crippen LogP contribution < -0.4 is 5.73 Å². The Bertz CT molecular complexity index is 163. The van der Waals surface area contributed by atoms with E-state index in [1.165, 1.54) is 0 Å². The topological polar surface area (TPSA) is 29.3 Å². The highest BCUT2D eigenvalue weighted by Gasteiger charge is 2.17. The van der Waals surface area contributed by atoms with Gasteiger partial charge in [-0.05, 0) is 33.2 Å². The predicted octanol–water partition coefficient (Wildman–Crippen LogP) is 1.23. The van der Waals surface area contributed by atoms with E-state index in [1.807, 2.05) is 0 Å². The molecule has 12 heavy (non-hydrogen) atoms. The lowest BCUT2D eigenvalue weighted by Gasteiger charge is -2.24. The van der Waals surface area contributed by atoms with Gasteiger partial charge in [0.05, 0.1) is 0 Å². The smallest absolute Gasteiger partial charge is 0.0229 e. The van der Waals surface area contributed by atoms with Crippen molar-refractivity contribution in [3.8, 4) is 0 Å². The molecule has 2 nitrogen and oxygen atoms in total. The maximum Gasteiger partial charge on any atom is 0.0229 e. The summed E-state index contributed by atoms with van der Waals surface area (Å²) >= 11 is 0. The van der Waals surface area contributed by atoms with Crippen molar-refractivity contribution in [3.05, 3.63) is 12.2 Å². The van der Waals surface area contributed by atoms with Crippen molar-refractivity contribution in [1.29, 1.82) is 0 Å². The molecule has 0 heterocycles. The van der Waals surface area contributed by atoms with Crippen LogP contribution in [0.5, 0.6) is 0 Å². The first-order valence-corrected chi connectivity index (χ1v) is 4.73. The van der Waals surface area contributed by atoms with Gasteiger partial charge in [0.1, 0.15) is 0 Å². The lowest BCUT2D eigenvalue weighted by Crippen LogP contribution is -2.31. The Hall–Kier alpha value is -0.340. The van der Waals surface area contributed by atoms with Gasteiger partial charge in [0.15, 0.2) is 0 Å². The summed E-state index contributed by atoms with van der Waals surface area (Å²) in [6.07, 6.45) is 5.50. The van der Waals surface area contributed by atoms with Crippen LogP contribution in [0.1, 0.15) is 20.3 Å². The maximum atomic E-state index is 5.77. The van der Waals surface area contributed by atoms with Crippen LogP contribution in [-0.4, -0.2) is 30.6 Å². The summed E-state index contributed by atoms with van der Waals surface area (Å²) in [5.41, 5.74) is 5.77. The van der Waals surface area contributed by atoms with E-state index >= 15 is 0 Å². The summed E-state index contributed by atoms with van der Waals surface area (Å²) in [6, 6.07) is 0.936. The van der Waals surface area contributed by atoms with Crippen LogP contribution in [0, 0.1) is 5.92 Å². The first-order chi connectivity index (χ1) is 5.59. The van der Waals surface area contributed by atoms with Gasteiger partial charge in [0, 0.05) is 18.6 Å². The lowest BCUT2D eigenvalue weighted by atomic mass is 10.1. The zero-order valence-corrected chi connectivity index (χ0v) is 8.33. The minimum Gasteiger partial charge on any atom is -0.324 e. The molecule has 0 radical (unpaired) electrons. The molecule has 2 heteroatoms. The van der Waals surface area contributed by atoms with Crippen LogP contribution in [-0.2, 0) is 0 Å². The second-order valence-electron chi connectivity index (χ2n) is 4.08. The molecule has 2 N–H and O–H groups in total. The second kappa shape index (κ2) is 4.06. The summed E-state index contributed by atoms with van der Waals surface area (Å²) in [5, 5.41) is 0. The Morgan fingerprint density at radius 1 is 1.50 bits per heavy atom. The number of rotatable bonds is 3. The van der Waals surface area contributed by atoms with Crippen LogP contribution in [0.4, 0.5) is 0 Å².